The van der Waals surface area contributed by atoms with Gasteiger partial charge in [0.05, 0.1) is 18.6 Å². The number of aliphatic hydroxyl groups is 4. The summed E-state index contributed by atoms with van der Waals surface area (Å²) in [4.78, 5) is 0. The maximum atomic E-state index is 8.84. The molecular formula is C5H11ClO4. The molecule has 4 nitrogen and oxygen atoms in total. The van der Waals surface area contributed by atoms with Gasteiger partial charge >= 0.3 is 0 Å². The Hall–Kier alpha value is 0.130. The third-order valence-corrected chi connectivity index (χ3v) is 1.45. The highest BCUT2D eigenvalue weighted by Gasteiger charge is 2.22. The Morgan fingerprint density at radius 2 is 1.60 bits per heavy atom. The first kappa shape index (κ1) is 10.1. The average molecular weight is 171 g/mol. The van der Waals surface area contributed by atoms with Crippen LogP contribution in [-0.4, -0.2) is 51.2 Å². The van der Waals surface area contributed by atoms with Crippen molar-refractivity contribution in [2.24, 2.45) is 0 Å². The lowest BCUT2D eigenvalue weighted by molar-refractivity contribution is -0.0687. The van der Waals surface area contributed by atoms with Crippen LogP contribution in [0, 0.1) is 0 Å². The van der Waals surface area contributed by atoms with E-state index in [9.17, 15) is 0 Å². The quantitative estimate of drug-likeness (QED) is 0.379. The summed E-state index contributed by atoms with van der Waals surface area (Å²) in [6, 6.07) is 0. The first-order chi connectivity index (χ1) is 4.63. The van der Waals surface area contributed by atoms with Crippen molar-refractivity contribution in [3.63, 3.8) is 0 Å². The number of alkyl halides is 1. The van der Waals surface area contributed by atoms with Crippen LogP contribution >= 0.6 is 11.6 Å². The van der Waals surface area contributed by atoms with Crippen molar-refractivity contribution in [1.82, 2.24) is 0 Å². The monoisotopic (exact) mass is 170 g/mol. The summed E-state index contributed by atoms with van der Waals surface area (Å²) in [7, 11) is 0. The van der Waals surface area contributed by atoms with E-state index >= 15 is 0 Å². The second kappa shape index (κ2) is 4.87. The van der Waals surface area contributed by atoms with Crippen molar-refractivity contribution in [2.75, 3.05) is 12.5 Å². The predicted octanol–water partition coefficient (Wildman–Crippen LogP) is -1.70. The van der Waals surface area contributed by atoms with Crippen LogP contribution in [0.4, 0.5) is 0 Å². The zero-order valence-corrected chi connectivity index (χ0v) is 6.07. The van der Waals surface area contributed by atoms with E-state index in [1.807, 2.05) is 0 Å². The van der Waals surface area contributed by atoms with Crippen molar-refractivity contribution in [3.8, 4) is 0 Å². The Bertz CT molecular complexity index is 79.7. The standard InChI is InChI=1S/C5H11ClO4/c6-1-3(8)5(10)4(9)2-7/h3-5,7-10H,1-2H2/t3-,4-,5+/m1/s1. The molecule has 0 saturated carbocycles. The molecular weight excluding hydrogens is 160 g/mol. The van der Waals surface area contributed by atoms with Crippen LogP contribution in [0.2, 0.25) is 0 Å². The molecule has 0 spiro atoms. The largest absolute Gasteiger partial charge is 0.394 e. The number of halogens is 1. The summed E-state index contributed by atoms with van der Waals surface area (Å²) in [6.45, 7) is -0.588. The maximum Gasteiger partial charge on any atom is 0.109 e. The van der Waals surface area contributed by atoms with Gasteiger partial charge in [0.15, 0.2) is 0 Å². The Balaban J connectivity index is 3.69. The summed E-state index contributed by atoms with van der Waals surface area (Å²) in [6.07, 6.45) is -3.89. The Morgan fingerprint density at radius 1 is 1.10 bits per heavy atom. The van der Waals surface area contributed by atoms with Gasteiger partial charge in [-0.05, 0) is 0 Å². The lowest BCUT2D eigenvalue weighted by Crippen LogP contribution is -2.40. The molecule has 10 heavy (non-hydrogen) atoms. The van der Waals surface area contributed by atoms with E-state index in [0.717, 1.165) is 0 Å². The second-order valence-electron chi connectivity index (χ2n) is 1.96. The van der Waals surface area contributed by atoms with E-state index in [1.165, 1.54) is 0 Å². The Labute approximate surface area is 63.7 Å². The molecule has 0 amide bonds. The van der Waals surface area contributed by atoms with Gasteiger partial charge in [-0.1, -0.05) is 0 Å². The molecule has 0 aliphatic carbocycles. The minimum atomic E-state index is -1.37. The Morgan fingerprint density at radius 3 is 1.90 bits per heavy atom. The van der Waals surface area contributed by atoms with Crippen LogP contribution in [0.1, 0.15) is 0 Å². The van der Waals surface area contributed by atoms with E-state index in [4.69, 9.17) is 32.0 Å². The van der Waals surface area contributed by atoms with Crippen LogP contribution in [-0.2, 0) is 0 Å². The fourth-order valence-corrected chi connectivity index (χ4v) is 0.638. The highest BCUT2D eigenvalue weighted by Crippen LogP contribution is 2.00. The molecule has 0 heterocycles. The highest BCUT2D eigenvalue weighted by molar-refractivity contribution is 6.18. The normalized spacial score (nSPS) is 20.1. The molecule has 0 fully saturated rings. The summed E-state index contributed by atoms with van der Waals surface area (Å²) < 4.78 is 0. The third kappa shape index (κ3) is 2.81. The van der Waals surface area contributed by atoms with Crippen LogP contribution in [0.5, 0.6) is 0 Å². The van der Waals surface area contributed by atoms with E-state index < -0.39 is 24.9 Å². The summed E-state index contributed by atoms with van der Waals surface area (Å²) in [5.74, 6) is -0.168. The number of aliphatic hydroxyl groups excluding tert-OH is 4. The molecule has 0 unspecified atom stereocenters. The van der Waals surface area contributed by atoms with Gasteiger partial charge in [-0.15, -0.1) is 11.6 Å². The van der Waals surface area contributed by atoms with Gasteiger partial charge in [0.1, 0.15) is 12.2 Å². The molecule has 0 saturated heterocycles. The molecule has 0 rings (SSSR count). The summed E-state index contributed by atoms with van der Waals surface area (Å²) >= 11 is 5.15. The highest BCUT2D eigenvalue weighted by atomic mass is 35.5. The van der Waals surface area contributed by atoms with Gasteiger partial charge in [-0.3, -0.25) is 0 Å². The van der Waals surface area contributed by atoms with Crippen LogP contribution in [0.25, 0.3) is 0 Å². The van der Waals surface area contributed by atoms with Gasteiger partial charge in [0, 0.05) is 0 Å². The number of hydrogen-bond donors (Lipinski definition) is 4. The zero-order valence-electron chi connectivity index (χ0n) is 5.31. The fourth-order valence-electron chi connectivity index (χ4n) is 0.456. The fraction of sp³-hybridized carbons (Fsp3) is 1.00. The molecule has 5 heteroatoms. The van der Waals surface area contributed by atoms with Gasteiger partial charge in [0.2, 0.25) is 0 Å². The molecule has 4 N–H and O–H groups in total. The van der Waals surface area contributed by atoms with Gasteiger partial charge < -0.3 is 20.4 Å². The molecule has 0 bridgehead atoms. The average Bonchev–Trinajstić information content (AvgIpc) is 2.00. The molecule has 62 valence electrons. The minimum absolute atomic E-state index is 0.168. The first-order valence-corrected chi connectivity index (χ1v) is 3.38. The molecule has 0 aliphatic rings. The van der Waals surface area contributed by atoms with Gasteiger partial charge in [0.25, 0.3) is 0 Å². The lowest BCUT2D eigenvalue weighted by Gasteiger charge is -2.18. The third-order valence-electron chi connectivity index (χ3n) is 1.13. The molecule has 3 atom stereocenters. The molecule has 0 aliphatic heterocycles. The molecule has 0 aromatic carbocycles. The van der Waals surface area contributed by atoms with E-state index in [2.05, 4.69) is 0 Å². The Kier molecular flexibility index (Phi) is 4.93. The van der Waals surface area contributed by atoms with Crippen molar-refractivity contribution < 1.29 is 20.4 Å². The van der Waals surface area contributed by atoms with Crippen LogP contribution in [0.15, 0.2) is 0 Å². The van der Waals surface area contributed by atoms with E-state index in [1.54, 1.807) is 0 Å². The maximum absolute atomic E-state index is 8.84. The van der Waals surface area contributed by atoms with Crippen molar-refractivity contribution in [1.29, 1.82) is 0 Å². The predicted molar refractivity (Wildman–Crippen MR) is 35.8 cm³/mol. The van der Waals surface area contributed by atoms with Crippen molar-refractivity contribution in [2.45, 2.75) is 18.3 Å². The second-order valence-corrected chi connectivity index (χ2v) is 2.27. The van der Waals surface area contributed by atoms with E-state index in [0.29, 0.717) is 0 Å². The van der Waals surface area contributed by atoms with Gasteiger partial charge in [-0.2, -0.15) is 0 Å². The van der Waals surface area contributed by atoms with E-state index in [-0.39, 0.29) is 5.88 Å². The molecule has 0 aromatic rings. The van der Waals surface area contributed by atoms with Crippen LogP contribution < -0.4 is 0 Å². The molecule has 0 radical (unpaired) electrons. The topological polar surface area (TPSA) is 80.9 Å². The van der Waals surface area contributed by atoms with Gasteiger partial charge in [-0.25, -0.2) is 0 Å². The smallest absolute Gasteiger partial charge is 0.109 e. The first-order valence-electron chi connectivity index (χ1n) is 2.84. The SMILES string of the molecule is OC[C@@H](O)[C@@H](O)[C@H](O)CCl. The van der Waals surface area contributed by atoms with Crippen molar-refractivity contribution >= 4 is 11.6 Å². The number of rotatable bonds is 4. The lowest BCUT2D eigenvalue weighted by atomic mass is 10.1. The molecule has 0 aromatic heterocycles. The summed E-state index contributed by atoms with van der Waals surface area (Å²) in [5, 5.41) is 34.6. The van der Waals surface area contributed by atoms with Crippen LogP contribution in [0.3, 0.4) is 0 Å². The van der Waals surface area contributed by atoms with Crippen molar-refractivity contribution in [3.05, 3.63) is 0 Å². The minimum Gasteiger partial charge on any atom is -0.394 e. The summed E-state index contributed by atoms with van der Waals surface area (Å²) in [5.41, 5.74) is 0. The number of hydrogen-bond acceptors (Lipinski definition) is 4. The zero-order chi connectivity index (χ0) is 8.15.